The van der Waals surface area contributed by atoms with Crippen LogP contribution in [0.2, 0.25) is 0 Å². The van der Waals surface area contributed by atoms with Crippen molar-refractivity contribution >= 4 is 29.2 Å². The van der Waals surface area contributed by atoms with E-state index >= 15 is 0 Å². The number of carboxylic acids is 1. The van der Waals surface area contributed by atoms with E-state index in [0.29, 0.717) is 11.4 Å². The van der Waals surface area contributed by atoms with Crippen LogP contribution >= 0.6 is 0 Å². The summed E-state index contributed by atoms with van der Waals surface area (Å²) in [6.45, 7) is 3.22. The average molecular weight is 277 g/mol. The van der Waals surface area contributed by atoms with Gasteiger partial charge in [-0.3, -0.25) is 14.9 Å². The van der Waals surface area contributed by atoms with Gasteiger partial charge in [0, 0.05) is 0 Å². The van der Waals surface area contributed by atoms with Crippen LogP contribution in [0.4, 0.5) is 11.4 Å². The predicted octanol–water partition coefficient (Wildman–Crippen LogP) is 0.208. The first-order chi connectivity index (χ1) is 9.23. The van der Waals surface area contributed by atoms with Crippen LogP contribution in [0.25, 0.3) is 0 Å². The summed E-state index contributed by atoms with van der Waals surface area (Å²) in [5, 5.41) is 11.3. The summed E-state index contributed by atoms with van der Waals surface area (Å²) in [7, 11) is 0. The van der Waals surface area contributed by atoms with E-state index in [9.17, 15) is 14.4 Å². The highest BCUT2D eigenvalue weighted by molar-refractivity contribution is 6.07. The summed E-state index contributed by atoms with van der Waals surface area (Å²) >= 11 is 0. The molecule has 0 radical (unpaired) electrons. The molecule has 7 nitrogen and oxygen atoms in total. The normalized spacial score (nSPS) is 17.8. The van der Waals surface area contributed by atoms with E-state index in [0.717, 1.165) is 0 Å². The molecule has 1 aromatic carbocycles. The van der Waals surface area contributed by atoms with Gasteiger partial charge in [0.2, 0.25) is 5.91 Å². The number of hydrogen-bond donors (Lipinski definition) is 3. The van der Waals surface area contributed by atoms with Crippen molar-refractivity contribution in [2.24, 2.45) is 0 Å². The third-order valence-corrected chi connectivity index (χ3v) is 3.35. The lowest BCUT2D eigenvalue weighted by Crippen LogP contribution is -2.64. The number of nitrogens with two attached hydrogens (primary N) is 1. The zero-order chi connectivity index (χ0) is 15.1. The molecular formula is C13H15N3O4. The van der Waals surface area contributed by atoms with Gasteiger partial charge in [0.05, 0.1) is 23.5 Å². The van der Waals surface area contributed by atoms with Crippen LogP contribution in [0, 0.1) is 0 Å². The van der Waals surface area contributed by atoms with Gasteiger partial charge in [-0.15, -0.1) is 0 Å². The Hall–Kier alpha value is -2.57. The molecule has 0 atom stereocenters. The van der Waals surface area contributed by atoms with Crippen molar-refractivity contribution in [1.82, 2.24) is 5.32 Å². The Morgan fingerprint density at radius 1 is 1.40 bits per heavy atom. The summed E-state index contributed by atoms with van der Waals surface area (Å²) in [5.74, 6) is -2.00. The van der Waals surface area contributed by atoms with Crippen molar-refractivity contribution < 1.29 is 19.5 Å². The molecule has 1 aromatic rings. The van der Waals surface area contributed by atoms with Crippen molar-refractivity contribution in [1.29, 1.82) is 0 Å². The molecule has 1 fully saturated rings. The van der Waals surface area contributed by atoms with Gasteiger partial charge in [0.15, 0.2) is 0 Å². The molecule has 1 heterocycles. The van der Waals surface area contributed by atoms with Crippen LogP contribution in [0.15, 0.2) is 18.2 Å². The molecule has 1 saturated heterocycles. The molecule has 20 heavy (non-hydrogen) atoms. The number of carbonyl (C=O) groups is 3. The smallest absolute Gasteiger partial charge is 0.335 e. The monoisotopic (exact) mass is 277 g/mol. The zero-order valence-corrected chi connectivity index (χ0v) is 11.1. The number of aromatic carboxylic acids is 1. The standard InChI is InChI=1S/C13H15N3O4/c1-13(2)12(20)15-10(17)6-16(13)9-5-7(11(18)19)3-4-8(9)14/h3-5H,6,14H2,1-2H3,(H,18,19)(H,15,17,20). The molecule has 0 bridgehead atoms. The Morgan fingerprint density at radius 3 is 2.65 bits per heavy atom. The molecule has 0 aromatic heterocycles. The largest absolute Gasteiger partial charge is 0.478 e. The molecule has 7 heteroatoms. The number of carbonyl (C=O) groups excluding carboxylic acids is 2. The molecular weight excluding hydrogens is 262 g/mol. The molecule has 106 valence electrons. The van der Waals surface area contributed by atoms with E-state index < -0.39 is 23.3 Å². The van der Waals surface area contributed by atoms with Crippen LogP contribution in [0.1, 0.15) is 24.2 Å². The summed E-state index contributed by atoms with van der Waals surface area (Å²) in [6, 6.07) is 4.19. The van der Waals surface area contributed by atoms with Gasteiger partial charge in [0.1, 0.15) is 5.54 Å². The number of nitrogen functional groups attached to an aromatic ring is 1. The van der Waals surface area contributed by atoms with Gasteiger partial charge in [0.25, 0.3) is 5.91 Å². The summed E-state index contributed by atoms with van der Waals surface area (Å²) in [5.41, 5.74) is 5.57. The Balaban J connectivity index is 2.53. The van der Waals surface area contributed by atoms with Crippen molar-refractivity contribution in [2.75, 3.05) is 17.2 Å². The Labute approximate surface area is 115 Å². The molecule has 0 unspecified atom stereocenters. The first-order valence-corrected chi connectivity index (χ1v) is 5.98. The Kier molecular flexibility index (Phi) is 3.13. The van der Waals surface area contributed by atoms with Gasteiger partial charge in [-0.1, -0.05) is 0 Å². The fourth-order valence-corrected chi connectivity index (χ4v) is 2.08. The topological polar surface area (TPSA) is 113 Å². The number of imide groups is 1. The van der Waals surface area contributed by atoms with Crippen molar-refractivity contribution in [2.45, 2.75) is 19.4 Å². The molecule has 0 saturated carbocycles. The summed E-state index contributed by atoms with van der Waals surface area (Å²) in [4.78, 5) is 36.0. The van der Waals surface area contributed by atoms with Crippen molar-refractivity contribution in [3.05, 3.63) is 23.8 Å². The van der Waals surface area contributed by atoms with Gasteiger partial charge >= 0.3 is 5.97 Å². The van der Waals surface area contributed by atoms with Crippen LogP contribution < -0.4 is 16.0 Å². The number of rotatable bonds is 2. The summed E-state index contributed by atoms with van der Waals surface area (Å²) in [6.07, 6.45) is 0. The molecule has 1 aliphatic heterocycles. The number of nitrogens with zero attached hydrogens (tertiary/aromatic N) is 1. The van der Waals surface area contributed by atoms with Crippen molar-refractivity contribution in [3.63, 3.8) is 0 Å². The lowest BCUT2D eigenvalue weighted by atomic mass is 9.96. The number of nitrogens with one attached hydrogen (secondary N) is 1. The second-order valence-electron chi connectivity index (χ2n) is 5.10. The lowest BCUT2D eigenvalue weighted by Gasteiger charge is -2.42. The van der Waals surface area contributed by atoms with Crippen LogP contribution in [0.5, 0.6) is 0 Å². The van der Waals surface area contributed by atoms with E-state index in [1.165, 1.54) is 23.1 Å². The zero-order valence-electron chi connectivity index (χ0n) is 11.1. The van der Waals surface area contributed by atoms with Gasteiger partial charge < -0.3 is 15.7 Å². The highest BCUT2D eigenvalue weighted by Gasteiger charge is 2.41. The fraction of sp³-hybridized carbons (Fsp3) is 0.308. The van der Waals surface area contributed by atoms with E-state index in [1.807, 2.05) is 0 Å². The van der Waals surface area contributed by atoms with Gasteiger partial charge in [-0.05, 0) is 32.0 Å². The second-order valence-corrected chi connectivity index (χ2v) is 5.10. The quantitative estimate of drug-likeness (QED) is 0.526. The highest BCUT2D eigenvalue weighted by atomic mass is 16.4. The first kappa shape index (κ1) is 13.9. The number of amides is 2. The highest BCUT2D eigenvalue weighted by Crippen LogP contribution is 2.32. The molecule has 4 N–H and O–H groups in total. The van der Waals surface area contributed by atoms with Crippen LogP contribution in [-0.4, -0.2) is 35.0 Å². The number of carboxylic acid groups (broad SMARTS) is 1. The predicted molar refractivity (Wildman–Crippen MR) is 72.4 cm³/mol. The van der Waals surface area contributed by atoms with E-state index in [2.05, 4.69) is 5.32 Å². The molecule has 2 rings (SSSR count). The molecule has 0 spiro atoms. The maximum atomic E-state index is 11.9. The third kappa shape index (κ3) is 2.18. The minimum Gasteiger partial charge on any atom is -0.478 e. The van der Waals surface area contributed by atoms with Crippen LogP contribution in [-0.2, 0) is 9.59 Å². The molecule has 1 aliphatic rings. The number of anilines is 2. The summed E-state index contributed by atoms with van der Waals surface area (Å²) < 4.78 is 0. The maximum Gasteiger partial charge on any atom is 0.335 e. The lowest BCUT2D eigenvalue weighted by molar-refractivity contribution is -0.135. The average Bonchev–Trinajstić information content (AvgIpc) is 2.35. The SMILES string of the molecule is CC1(C)C(=O)NC(=O)CN1c1cc(C(=O)O)ccc1N. The minimum absolute atomic E-state index is 0.0448. The van der Waals surface area contributed by atoms with Crippen molar-refractivity contribution in [3.8, 4) is 0 Å². The Bertz CT molecular complexity index is 610. The van der Waals surface area contributed by atoms with E-state index in [-0.39, 0.29) is 12.1 Å². The minimum atomic E-state index is -1.10. The van der Waals surface area contributed by atoms with Gasteiger partial charge in [-0.25, -0.2) is 4.79 Å². The Morgan fingerprint density at radius 2 is 2.05 bits per heavy atom. The number of piperazine rings is 1. The third-order valence-electron chi connectivity index (χ3n) is 3.35. The number of hydrogen-bond acceptors (Lipinski definition) is 5. The number of benzene rings is 1. The fourth-order valence-electron chi connectivity index (χ4n) is 2.08. The van der Waals surface area contributed by atoms with Gasteiger partial charge in [-0.2, -0.15) is 0 Å². The van der Waals surface area contributed by atoms with E-state index in [1.54, 1.807) is 13.8 Å². The molecule has 2 amide bonds. The first-order valence-electron chi connectivity index (χ1n) is 5.98. The second kappa shape index (κ2) is 4.52. The van der Waals surface area contributed by atoms with Crippen LogP contribution in [0.3, 0.4) is 0 Å². The maximum absolute atomic E-state index is 11.9. The van der Waals surface area contributed by atoms with E-state index in [4.69, 9.17) is 10.8 Å². The molecule has 0 aliphatic carbocycles.